The van der Waals surface area contributed by atoms with Crippen LogP contribution < -0.4 is 5.32 Å². The first-order chi connectivity index (χ1) is 12.4. The smallest absolute Gasteiger partial charge is 0.266 e. The first-order valence-corrected chi connectivity index (χ1v) is 8.55. The highest BCUT2D eigenvalue weighted by Gasteiger charge is 2.32. The molecular formula is C19H15ClN2O3S. The maximum absolute atomic E-state index is 12.5. The Balaban J connectivity index is 1.92. The fourth-order valence-corrected chi connectivity index (χ4v) is 2.89. The average Bonchev–Trinajstić information content (AvgIpc) is 3.06. The van der Waals surface area contributed by atoms with Crippen molar-refractivity contribution in [3.63, 3.8) is 0 Å². The van der Waals surface area contributed by atoms with Crippen LogP contribution in [0.25, 0.3) is 17.4 Å². The van der Waals surface area contributed by atoms with E-state index in [1.165, 1.54) is 17.1 Å². The molecule has 1 aliphatic rings. The minimum atomic E-state index is -0.559. The zero-order valence-electron chi connectivity index (χ0n) is 13.9. The molecule has 1 saturated heterocycles. The van der Waals surface area contributed by atoms with E-state index in [2.05, 4.69) is 11.9 Å². The van der Waals surface area contributed by atoms with Crippen LogP contribution in [-0.4, -0.2) is 28.4 Å². The summed E-state index contributed by atoms with van der Waals surface area (Å²) in [5.74, 6) is -0.0888. The van der Waals surface area contributed by atoms with E-state index in [1.807, 2.05) is 19.1 Å². The van der Waals surface area contributed by atoms with Crippen LogP contribution in [0.15, 0.2) is 53.0 Å². The zero-order valence-corrected chi connectivity index (χ0v) is 15.5. The van der Waals surface area contributed by atoms with E-state index in [4.69, 9.17) is 28.2 Å². The number of nitrogens with zero attached hydrogens (tertiary/aromatic N) is 1. The summed E-state index contributed by atoms with van der Waals surface area (Å²) in [7, 11) is 0. The van der Waals surface area contributed by atoms with Crippen molar-refractivity contribution >= 4 is 46.8 Å². The fraction of sp³-hybridized carbons (Fsp3) is 0.105. The lowest BCUT2D eigenvalue weighted by Crippen LogP contribution is -2.53. The van der Waals surface area contributed by atoms with Gasteiger partial charge >= 0.3 is 0 Å². The van der Waals surface area contributed by atoms with E-state index in [-0.39, 0.29) is 17.2 Å². The highest BCUT2D eigenvalue weighted by molar-refractivity contribution is 7.80. The molecule has 0 saturated carbocycles. The standard InChI is InChI=1S/C19H15ClN2O3S/c1-3-8-22-18(24)14(17(23)21-19(22)26)10-13-6-7-16(25-13)12-5-4-11(2)15(20)9-12/h3-7,9-10H,1,8H2,2H3,(H,21,23,26). The summed E-state index contributed by atoms with van der Waals surface area (Å²) in [5, 5.41) is 3.18. The van der Waals surface area contributed by atoms with Crippen molar-refractivity contribution in [2.24, 2.45) is 0 Å². The van der Waals surface area contributed by atoms with Crippen molar-refractivity contribution in [3.05, 3.63) is 64.9 Å². The van der Waals surface area contributed by atoms with Gasteiger partial charge in [0.2, 0.25) is 0 Å². The van der Waals surface area contributed by atoms with Gasteiger partial charge in [0, 0.05) is 17.1 Å². The molecule has 2 heterocycles. The topological polar surface area (TPSA) is 62.6 Å². The van der Waals surface area contributed by atoms with Crippen molar-refractivity contribution < 1.29 is 14.0 Å². The van der Waals surface area contributed by atoms with Gasteiger partial charge in [0.05, 0.1) is 0 Å². The van der Waals surface area contributed by atoms with Crippen LogP contribution in [0.3, 0.4) is 0 Å². The molecule has 0 spiro atoms. The number of furan rings is 1. The molecule has 7 heteroatoms. The molecule has 1 aromatic heterocycles. The minimum Gasteiger partial charge on any atom is -0.457 e. The zero-order chi connectivity index (χ0) is 18.8. The molecule has 1 aliphatic heterocycles. The summed E-state index contributed by atoms with van der Waals surface area (Å²) in [6.07, 6.45) is 2.93. The Kier molecular flexibility index (Phi) is 5.06. The molecule has 0 radical (unpaired) electrons. The second-order valence-electron chi connectivity index (χ2n) is 5.69. The van der Waals surface area contributed by atoms with Crippen molar-refractivity contribution in [2.75, 3.05) is 6.54 Å². The Labute approximate surface area is 160 Å². The number of carbonyl (C=O) groups is 2. The highest BCUT2D eigenvalue weighted by Crippen LogP contribution is 2.28. The van der Waals surface area contributed by atoms with E-state index in [1.54, 1.807) is 18.2 Å². The van der Waals surface area contributed by atoms with Crippen molar-refractivity contribution in [1.29, 1.82) is 0 Å². The van der Waals surface area contributed by atoms with Crippen molar-refractivity contribution in [1.82, 2.24) is 10.2 Å². The Morgan fingerprint density at radius 3 is 2.77 bits per heavy atom. The van der Waals surface area contributed by atoms with Crippen LogP contribution in [0.4, 0.5) is 0 Å². The molecule has 5 nitrogen and oxygen atoms in total. The number of carbonyl (C=O) groups excluding carboxylic acids is 2. The van der Waals surface area contributed by atoms with Gasteiger partial charge in [-0.1, -0.05) is 29.8 Å². The molecule has 1 fully saturated rings. The Hall–Kier alpha value is -2.70. The maximum Gasteiger partial charge on any atom is 0.266 e. The molecule has 1 aromatic carbocycles. The molecule has 0 aliphatic carbocycles. The van der Waals surface area contributed by atoms with Crippen LogP contribution in [-0.2, 0) is 9.59 Å². The Morgan fingerprint density at radius 2 is 2.08 bits per heavy atom. The molecule has 26 heavy (non-hydrogen) atoms. The number of halogens is 1. The summed E-state index contributed by atoms with van der Waals surface area (Å²) >= 11 is 11.2. The lowest BCUT2D eigenvalue weighted by molar-refractivity contribution is -0.128. The summed E-state index contributed by atoms with van der Waals surface area (Å²) in [6, 6.07) is 9.02. The second-order valence-corrected chi connectivity index (χ2v) is 6.48. The number of hydrogen-bond acceptors (Lipinski definition) is 4. The van der Waals surface area contributed by atoms with Gasteiger partial charge < -0.3 is 4.42 Å². The van der Waals surface area contributed by atoms with Gasteiger partial charge in [-0.15, -0.1) is 6.58 Å². The number of benzene rings is 1. The molecule has 0 unspecified atom stereocenters. The van der Waals surface area contributed by atoms with E-state index >= 15 is 0 Å². The average molecular weight is 387 g/mol. The molecule has 1 N–H and O–H groups in total. The second kappa shape index (κ2) is 7.27. The van der Waals surface area contributed by atoms with Crippen LogP contribution in [0.2, 0.25) is 5.02 Å². The predicted molar refractivity (Wildman–Crippen MR) is 105 cm³/mol. The summed E-state index contributed by atoms with van der Waals surface area (Å²) in [6.45, 7) is 5.71. The predicted octanol–water partition coefficient (Wildman–Crippen LogP) is 3.72. The molecular weight excluding hydrogens is 372 g/mol. The van der Waals surface area contributed by atoms with E-state index < -0.39 is 11.8 Å². The van der Waals surface area contributed by atoms with Gasteiger partial charge in [0.25, 0.3) is 11.8 Å². The Bertz CT molecular complexity index is 961. The highest BCUT2D eigenvalue weighted by atomic mass is 35.5. The number of thiocarbonyl (C=S) groups is 1. The van der Waals surface area contributed by atoms with Gasteiger partial charge in [-0.3, -0.25) is 19.8 Å². The third kappa shape index (κ3) is 3.47. The lowest BCUT2D eigenvalue weighted by Gasteiger charge is -2.27. The molecule has 0 atom stereocenters. The van der Waals surface area contributed by atoms with E-state index in [0.29, 0.717) is 16.5 Å². The van der Waals surface area contributed by atoms with Crippen LogP contribution in [0.1, 0.15) is 11.3 Å². The van der Waals surface area contributed by atoms with Crippen molar-refractivity contribution in [3.8, 4) is 11.3 Å². The monoisotopic (exact) mass is 386 g/mol. The normalized spacial score (nSPS) is 16.2. The number of rotatable bonds is 4. The number of nitrogens with one attached hydrogen (secondary N) is 1. The third-order valence-corrected chi connectivity index (χ3v) is 4.60. The third-order valence-electron chi connectivity index (χ3n) is 3.87. The van der Waals surface area contributed by atoms with Crippen LogP contribution in [0, 0.1) is 6.92 Å². The molecule has 0 bridgehead atoms. The van der Waals surface area contributed by atoms with Gasteiger partial charge in [-0.2, -0.15) is 0 Å². The molecule has 132 valence electrons. The van der Waals surface area contributed by atoms with Gasteiger partial charge in [-0.05, 0) is 49.0 Å². The quantitative estimate of drug-likeness (QED) is 0.376. The first kappa shape index (κ1) is 18.1. The molecule has 3 rings (SSSR count). The molecule has 2 aromatic rings. The van der Waals surface area contributed by atoms with Gasteiger partial charge in [-0.25, -0.2) is 0 Å². The van der Waals surface area contributed by atoms with E-state index in [9.17, 15) is 9.59 Å². The lowest BCUT2D eigenvalue weighted by atomic mass is 10.1. The summed E-state index contributed by atoms with van der Waals surface area (Å²) in [4.78, 5) is 25.9. The van der Waals surface area contributed by atoms with Gasteiger partial charge in [0.1, 0.15) is 17.1 Å². The minimum absolute atomic E-state index is 0.0525. The van der Waals surface area contributed by atoms with Gasteiger partial charge in [0.15, 0.2) is 5.11 Å². The van der Waals surface area contributed by atoms with Crippen LogP contribution in [0.5, 0.6) is 0 Å². The Morgan fingerprint density at radius 1 is 1.31 bits per heavy atom. The largest absolute Gasteiger partial charge is 0.457 e. The summed E-state index contributed by atoms with van der Waals surface area (Å²) < 4.78 is 5.75. The number of amides is 2. The summed E-state index contributed by atoms with van der Waals surface area (Å²) in [5.41, 5.74) is 1.72. The van der Waals surface area contributed by atoms with Crippen LogP contribution >= 0.6 is 23.8 Å². The first-order valence-electron chi connectivity index (χ1n) is 7.77. The SMILES string of the molecule is C=CCN1C(=O)C(=Cc2ccc(-c3ccc(C)c(Cl)c3)o2)C(=O)NC1=S. The number of aryl methyl sites for hydroxylation is 1. The maximum atomic E-state index is 12.5. The number of hydrogen-bond donors (Lipinski definition) is 1. The molecule has 2 amide bonds. The van der Waals surface area contributed by atoms with Crippen molar-refractivity contribution in [2.45, 2.75) is 6.92 Å². The van der Waals surface area contributed by atoms with E-state index in [0.717, 1.165) is 11.1 Å². The fourth-order valence-electron chi connectivity index (χ4n) is 2.46.